The minimum absolute atomic E-state index is 0.106. The van der Waals surface area contributed by atoms with Crippen molar-refractivity contribution in [2.45, 2.75) is 51.0 Å². The molecule has 1 aliphatic rings. The molecule has 1 aromatic rings. The molecule has 1 heterocycles. The van der Waals surface area contributed by atoms with Gasteiger partial charge in [-0.15, -0.1) is 0 Å². The van der Waals surface area contributed by atoms with Crippen LogP contribution in [0.5, 0.6) is 0 Å². The molecule has 0 bridgehead atoms. The summed E-state index contributed by atoms with van der Waals surface area (Å²) in [4.78, 5) is 19.5. The smallest absolute Gasteiger partial charge is 0.265 e. The first-order valence-electron chi connectivity index (χ1n) is 6.43. The molecule has 0 spiro atoms. The minimum Gasteiger partial charge on any atom is -0.370 e. The average molecular weight is 315 g/mol. The number of H-pyrrole nitrogens is 1. The maximum Gasteiger partial charge on any atom is 0.265 e. The summed E-state index contributed by atoms with van der Waals surface area (Å²) in [5, 5.41) is 0. The number of rotatable bonds is 5. The van der Waals surface area contributed by atoms with Crippen molar-refractivity contribution in [2.24, 2.45) is 0 Å². The van der Waals surface area contributed by atoms with Crippen LogP contribution < -0.4 is 5.56 Å². The number of hydrogen-bond donors (Lipinski definition) is 1. The summed E-state index contributed by atoms with van der Waals surface area (Å²) in [6.07, 6.45) is 3.81. The number of nitrogens with one attached hydrogen (secondary N) is 1. The van der Waals surface area contributed by atoms with Crippen molar-refractivity contribution < 1.29 is 4.74 Å². The van der Waals surface area contributed by atoms with E-state index in [-0.39, 0.29) is 5.56 Å². The second-order valence-corrected chi connectivity index (χ2v) is 5.59. The van der Waals surface area contributed by atoms with Crippen molar-refractivity contribution in [1.29, 1.82) is 0 Å². The quantitative estimate of drug-likeness (QED) is 0.908. The monoisotopic (exact) mass is 314 g/mol. The molecule has 1 aliphatic carbocycles. The lowest BCUT2D eigenvalue weighted by molar-refractivity contribution is -0.0295. The summed E-state index contributed by atoms with van der Waals surface area (Å²) in [5.41, 5.74) is 0.297. The second-order valence-electron chi connectivity index (χ2n) is 4.79. The zero-order chi connectivity index (χ0) is 13.3. The standard InChI is InChI=1S/C13H19BrN2O2/c1-4-13(5-2,18-3)12-15-10(8-6-7-8)9(14)11(17)16-12/h8H,4-7H2,1-3H3,(H,15,16,17). The van der Waals surface area contributed by atoms with Gasteiger partial charge in [-0.25, -0.2) is 4.98 Å². The van der Waals surface area contributed by atoms with E-state index in [0.717, 1.165) is 31.4 Å². The molecule has 0 radical (unpaired) electrons. The molecule has 1 N–H and O–H groups in total. The third kappa shape index (κ3) is 2.26. The van der Waals surface area contributed by atoms with Crippen LogP contribution in [0.15, 0.2) is 9.27 Å². The lowest BCUT2D eigenvalue weighted by Gasteiger charge is -2.29. The van der Waals surface area contributed by atoms with Crippen molar-refractivity contribution in [3.05, 3.63) is 26.3 Å². The first kappa shape index (κ1) is 13.7. The Morgan fingerprint density at radius 2 is 2.06 bits per heavy atom. The molecule has 1 fully saturated rings. The molecule has 0 atom stereocenters. The third-order valence-electron chi connectivity index (χ3n) is 3.82. The molecule has 2 rings (SSSR count). The molecule has 4 nitrogen and oxygen atoms in total. The van der Waals surface area contributed by atoms with Crippen molar-refractivity contribution in [2.75, 3.05) is 7.11 Å². The van der Waals surface area contributed by atoms with Gasteiger partial charge in [-0.3, -0.25) is 4.79 Å². The highest BCUT2D eigenvalue weighted by Crippen LogP contribution is 2.42. The molecule has 100 valence electrons. The van der Waals surface area contributed by atoms with Gasteiger partial charge in [0.05, 0.1) is 5.69 Å². The van der Waals surface area contributed by atoms with E-state index in [2.05, 4.69) is 25.9 Å². The lowest BCUT2D eigenvalue weighted by Crippen LogP contribution is -2.32. The van der Waals surface area contributed by atoms with Gasteiger partial charge in [0, 0.05) is 13.0 Å². The number of aromatic amines is 1. The Balaban J connectivity index is 2.54. The van der Waals surface area contributed by atoms with Gasteiger partial charge >= 0.3 is 0 Å². The van der Waals surface area contributed by atoms with Gasteiger partial charge in [0.2, 0.25) is 0 Å². The van der Waals surface area contributed by atoms with Gasteiger partial charge in [0.1, 0.15) is 15.9 Å². The Bertz CT molecular complexity index is 482. The predicted molar refractivity (Wildman–Crippen MR) is 73.8 cm³/mol. The van der Waals surface area contributed by atoms with Crippen LogP contribution >= 0.6 is 15.9 Å². The maximum atomic E-state index is 12.0. The largest absolute Gasteiger partial charge is 0.370 e. The number of hydrogen-bond acceptors (Lipinski definition) is 3. The molecule has 0 aromatic carbocycles. The molecule has 0 unspecified atom stereocenters. The average Bonchev–Trinajstić information content (AvgIpc) is 3.20. The third-order valence-corrected chi connectivity index (χ3v) is 4.58. The topological polar surface area (TPSA) is 55.0 Å². The van der Waals surface area contributed by atoms with Crippen LogP contribution in [0.1, 0.15) is 57.0 Å². The predicted octanol–water partition coefficient (Wildman–Crippen LogP) is 3.07. The second kappa shape index (κ2) is 5.13. The zero-order valence-electron chi connectivity index (χ0n) is 11.0. The van der Waals surface area contributed by atoms with Crippen LogP contribution in [0.4, 0.5) is 0 Å². The molecule has 1 aromatic heterocycles. The van der Waals surface area contributed by atoms with E-state index >= 15 is 0 Å². The summed E-state index contributed by atoms with van der Waals surface area (Å²) in [6, 6.07) is 0. The van der Waals surface area contributed by atoms with E-state index in [1.54, 1.807) is 7.11 Å². The number of aromatic nitrogens is 2. The van der Waals surface area contributed by atoms with Crippen molar-refractivity contribution in [1.82, 2.24) is 9.97 Å². The fourth-order valence-electron chi connectivity index (χ4n) is 2.29. The molecule has 0 aliphatic heterocycles. The number of ether oxygens (including phenoxy) is 1. The SMILES string of the molecule is CCC(CC)(OC)c1nc(C2CC2)c(Br)c(=O)[nH]1. The van der Waals surface area contributed by atoms with Crippen LogP contribution in [0.3, 0.4) is 0 Å². The zero-order valence-corrected chi connectivity index (χ0v) is 12.6. The van der Waals surface area contributed by atoms with E-state index < -0.39 is 5.60 Å². The van der Waals surface area contributed by atoms with E-state index in [1.165, 1.54) is 0 Å². The summed E-state index contributed by atoms with van der Waals surface area (Å²) < 4.78 is 6.20. The minimum atomic E-state index is -0.483. The highest BCUT2D eigenvalue weighted by Gasteiger charge is 2.35. The van der Waals surface area contributed by atoms with Gasteiger partial charge in [-0.1, -0.05) is 13.8 Å². The number of methoxy groups -OCH3 is 1. The van der Waals surface area contributed by atoms with Crippen LogP contribution in [-0.4, -0.2) is 17.1 Å². The van der Waals surface area contributed by atoms with Crippen LogP contribution in [0.2, 0.25) is 0 Å². The van der Waals surface area contributed by atoms with Crippen molar-refractivity contribution >= 4 is 15.9 Å². The highest BCUT2D eigenvalue weighted by atomic mass is 79.9. The first-order valence-corrected chi connectivity index (χ1v) is 7.22. The highest BCUT2D eigenvalue weighted by molar-refractivity contribution is 9.10. The molecule has 0 saturated heterocycles. The Kier molecular flexibility index (Phi) is 3.92. The summed E-state index contributed by atoms with van der Waals surface area (Å²) in [7, 11) is 1.67. The van der Waals surface area contributed by atoms with Crippen LogP contribution in [0.25, 0.3) is 0 Å². The Labute approximate surface area is 115 Å². The van der Waals surface area contributed by atoms with Crippen LogP contribution in [0, 0.1) is 0 Å². The van der Waals surface area contributed by atoms with Gasteiger partial charge in [0.25, 0.3) is 5.56 Å². The normalized spacial score (nSPS) is 16.0. The fraction of sp³-hybridized carbons (Fsp3) is 0.692. The van der Waals surface area contributed by atoms with Crippen molar-refractivity contribution in [3.63, 3.8) is 0 Å². The number of nitrogens with zero attached hydrogens (tertiary/aromatic N) is 1. The molecule has 0 amide bonds. The van der Waals surface area contributed by atoms with Crippen molar-refractivity contribution in [3.8, 4) is 0 Å². The molecular formula is C13H19BrN2O2. The Morgan fingerprint density at radius 3 is 2.50 bits per heavy atom. The van der Waals surface area contributed by atoms with Crippen LogP contribution in [-0.2, 0) is 10.3 Å². The molecule has 18 heavy (non-hydrogen) atoms. The maximum absolute atomic E-state index is 12.0. The molecule has 1 saturated carbocycles. The summed E-state index contributed by atoms with van der Waals surface area (Å²) >= 11 is 3.34. The summed E-state index contributed by atoms with van der Waals surface area (Å²) in [6.45, 7) is 4.09. The van der Waals surface area contributed by atoms with Gasteiger partial charge in [-0.2, -0.15) is 0 Å². The molecule has 5 heteroatoms. The summed E-state index contributed by atoms with van der Waals surface area (Å²) in [5.74, 6) is 1.09. The van der Waals surface area contributed by atoms with E-state index in [9.17, 15) is 4.79 Å². The Morgan fingerprint density at radius 1 is 1.44 bits per heavy atom. The lowest BCUT2D eigenvalue weighted by atomic mass is 9.96. The number of halogens is 1. The first-order chi connectivity index (χ1) is 8.57. The van der Waals surface area contributed by atoms with Gasteiger partial charge in [0.15, 0.2) is 0 Å². The Hall–Kier alpha value is -0.680. The van der Waals surface area contributed by atoms with Gasteiger partial charge in [-0.05, 0) is 41.6 Å². The van der Waals surface area contributed by atoms with E-state index in [0.29, 0.717) is 16.2 Å². The van der Waals surface area contributed by atoms with E-state index in [1.807, 2.05) is 13.8 Å². The van der Waals surface area contributed by atoms with Gasteiger partial charge < -0.3 is 9.72 Å². The fourth-order valence-corrected chi connectivity index (χ4v) is 2.80. The molecular weight excluding hydrogens is 296 g/mol. The van der Waals surface area contributed by atoms with E-state index in [4.69, 9.17) is 4.74 Å².